The number of ether oxygens (including phenoxy) is 1. The van der Waals surface area contributed by atoms with Crippen molar-refractivity contribution in [2.24, 2.45) is 0 Å². The number of aryl methyl sites for hydroxylation is 1. The number of benzene rings is 2. The van der Waals surface area contributed by atoms with Crippen molar-refractivity contribution in [1.29, 1.82) is 0 Å². The number of carbonyl (C=O) groups excluding carboxylic acids is 2. The van der Waals surface area contributed by atoms with Crippen LogP contribution in [0.2, 0.25) is 0 Å². The highest BCUT2D eigenvalue weighted by molar-refractivity contribution is 5.97. The van der Waals surface area contributed by atoms with Crippen LogP contribution >= 0.6 is 0 Å². The van der Waals surface area contributed by atoms with Crippen LogP contribution < -0.4 is 5.32 Å². The predicted octanol–water partition coefficient (Wildman–Crippen LogP) is 3.12. The number of nitrogens with one attached hydrogen (secondary N) is 1. The Balaban J connectivity index is 1.60. The summed E-state index contributed by atoms with van der Waals surface area (Å²) < 4.78 is 5.39. The molecule has 5 heteroatoms. The molecule has 1 unspecified atom stereocenters. The largest absolute Gasteiger partial charge is 0.377 e. The van der Waals surface area contributed by atoms with Crippen LogP contribution in [0.25, 0.3) is 0 Å². The van der Waals surface area contributed by atoms with Crippen LogP contribution in [0.15, 0.2) is 54.6 Å². The summed E-state index contributed by atoms with van der Waals surface area (Å²) in [5.41, 5.74) is 2.36. The molecule has 2 amide bonds. The third kappa shape index (κ3) is 4.70. The maximum atomic E-state index is 12.7. The van der Waals surface area contributed by atoms with E-state index >= 15 is 0 Å². The Morgan fingerprint density at radius 1 is 1.15 bits per heavy atom. The molecule has 1 saturated heterocycles. The quantitative estimate of drug-likeness (QED) is 0.899. The summed E-state index contributed by atoms with van der Waals surface area (Å²) in [6, 6.07) is 17.1. The molecule has 0 aromatic heterocycles. The van der Waals surface area contributed by atoms with Crippen LogP contribution in [0, 0.1) is 0 Å². The molecule has 1 heterocycles. The average molecular weight is 352 g/mol. The first-order valence-corrected chi connectivity index (χ1v) is 8.96. The summed E-state index contributed by atoms with van der Waals surface area (Å²) in [4.78, 5) is 26.7. The summed E-state index contributed by atoms with van der Waals surface area (Å²) in [5.74, 6) is -0.0839. The van der Waals surface area contributed by atoms with Gasteiger partial charge in [0.2, 0.25) is 5.91 Å². The maximum Gasteiger partial charge on any atom is 0.254 e. The second-order valence-electron chi connectivity index (χ2n) is 6.54. The minimum Gasteiger partial charge on any atom is -0.377 e. The van der Waals surface area contributed by atoms with Crippen LogP contribution in [0.3, 0.4) is 0 Å². The molecule has 1 aliphatic rings. The highest BCUT2D eigenvalue weighted by atomic mass is 16.5. The van der Waals surface area contributed by atoms with Crippen molar-refractivity contribution in [2.45, 2.75) is 25.8 Å². The van der Waals surface area contributed by atoms with Crippen LogP contribution in [0.4, 0.5) is 5.69 Å². The first kappa shape index (κ1) is 18.1. The van der Waals surface area contributed by atoms with E-state index in [0.717, 1.165) is 5.56 Å². The van der Waals surface area contributed by atoms with E-state index in [0.29, 0.717) is 43.9 Å². The Morgan fingerprint density at radius 2 is 1.96 bits per heavy atom. The number of anilines is 1. The van der Waals surface area contributed by atoms with Crippen molar-refractivity contribution in [1.82, 2.24) is 4.90 Å². The fourth-order valence-corrected chi connectivity index (χ4v) is 3.05. The van der Waals surface area contributed by atoms with Gasteiger partial charge in [-0.15, -0.1) is 0 Å². The Bertz CT molecular complexity index is 761. The lowest BCUT2D eigenvalue weighted by Gasteiger charge is -2.33. The number of amides is 2. The lowest BCUT2D eigenvalue weighted by Crippen LogP contribution is -2.47. The van der Waals surface area contributed by atoms with Crippen molar-refractivity contribution in [2.75, 3.05) is 25.1 Å². The number of hydrogen-bond donors (Lipinski definition) is 1. The molecular weight excluding hydrogens is 328 g/mol. The number of morpholine rings is 1. The maximum absolute atomic E-state index is 12.7. The smallest absolute Gasteiger partial charge is 0.254 e. The molecule has 5 nitrogen and oxygen atoms in total. The highest BCUT2D eigenvalue weighted by Crippen LogP contribution is 2.16. The van der Waals surface area contributed by atoms with Crippen molar-refractivity contribution < 1.29 is 14.3 Å². The van der Waals surface area contributed by atoms with E-state index in [1.807, 2.05) is 42.2 Å². The van der Waals surface area contributed by atoms with E-state index in [9.17, 15) is 9.59 Å². The van der Waals surface area contributed by atoms with Gasteiger partial charge in [-0.1, -0.05) is 36.4 Å². The third-order valence-electron chi connectivity index (χ3n) is 4.51. The topological polar surface area (TPSA) is 58.6 Å². The van der Waals surface area contributed by atoms with E-state index in [4.69, 9.17) is 4.74 Å². The third-order valence-corrected chi connectivity index (χ3v) is 4.51. The molecule has 26 heavy (non-hydrogen) atoms. The molecule has 136 valence electrons. The molecule has 2 aromatic carbocycles. The van der Waals surface area contributed by atoms with E-state index in [1.165, 1.54) is 0 Å². The van der Waals surface area contributed by atoms with Crippen LogP contribution in [-0.2, 0) is 16.0 Å². The fraction of sp³-hybridized carbons (Fsp3) is 0.333. The standard InChI is InChI=1S/C21H24N2O3/c1-16-15-26-13-12-23(16)21(25)18-8-5-9-19(14-18)22-20(24)11-10-17-6-3-2-4-7-17/h2-9,14,16H,10-13,15H2,1H3,(H,22,24). The molecule has 1 aliphatic heterocycles. The lowest BCUT2D eigenvalue weighted by atomic mass is 10.1. The molecule has 1 atom stereocenters. The van der Waals surface area contributed by atoms with Crippen molar-refractivity contribution >= 4 is 17.5 Å². The van der Waals surface area contributed by atoms with Crippen molar-refractivity contribution in [3.05, 3.63) is 65.7 Å². The van der Waals surface area contributed by atoms with E-state index in [2.05, 4.69) is 5.32 Å². The van der Waals surface area contributed by atoms with Gasteiger partial charge in [0.1, 0.15) is 0 Å². The van der Waals surface area contributed by atoms with E-state index in [-0.39, 0.29) is 17.9 Å². The van der Waals surface area contributed by atoms with Crippen molar-refractivity contribution in [3.8, 4) is 0 Å². The molecule has 1 fully saturated rings. The monoisotopic (exact) mass is 352 g/mol. The minimum atomic E-state index is -0.0572. The van der Waals surface area contributed by atoms with Gasteiger partial charge in [0, 0.05) is 24.2 Å². The minimum absolute atomic E-state index is 0.0267. The number of nitrogens with zero attached hydrogens (tertiary/aromatic N) is 1. The predicted molar refractivity (Wildman–Crippen MR) is 101 cm³/mol. The molecule has 1 N–H and O–H groups in total. The number of carbonyl (C=O) groups is 2. The average Bonchev–Trinajstić information content (AvgIpc) is 2.67. The summed E-state index contributed by atoms with van der Waals surface area (Å²) in [7, 11) is 0. The zero-order chi connectivity index (χ0) is 18.4. The molecule has 3 rings (SSSR count). The summed E-state index contributed by atoms with van der Waals surface area (Å²) in [6.07, 6.45) is 1.10. The van der Waals surface area contributed by atoms with E-state index < -0.39 is 0 Å². The first-order valence-electron chi connectivity index (χ1n) is 8.96. The second-order valence-corrected chi connectivity index (χ2v) is 6.54. The van der Waals surface area contributed by atoms with Gasteiger partial charge in [-0.3, -0.25) is 9.59 Å². The van der Waals surface area contributed by atoms with Gasteiger partial charge in [-0.25, -0.2) is 0 Å². The Labute approximate surface area is 154 Å². The SMILES string of the molecule is CC1COCCN1C(=O)c1cccc(NC(=O)CCc2ccccc2)c1. The van der Waals surface area contributed by atoms with Gasteiger partial charge in [0.25, 0.3) is 5.91 Å². The Morgan fingerprint density at radius 3 is 2.73 bits per heavy atom. The van der Waals surface area contributed by atoms with Crippen LogP contribution in [0.5, 0.6) is 0 Å². The fourth-order valence-electron chi connectivity index (χ4n) is 3.05. The Kier molecular flexibility index (Phi) is 6.02. The molecule has 0 bridgehead atoms. The van der Waals surface area contributed by atoms with Gasteiger partial charge in [-0.05, 0) is 37.1 Å². The molecule has 0 aliphatic carbocycles. The zero-order valence-corrected chi connectivity index (χ0v) is 15.0. The lowest BCUT2D eigenvalue weighted by molar-refractivity contribution is -0.116. The summed E-state index contributed by atoms with van der Waals surface area (Å²) >= 11 is 0. The Hall–Kier alpha value is -2.66. The van der Waals surface area contributed by atoms with Crippen LogP contribution in [-0.4, -0.2) is 42.5 Å². The highest BCUT2D eigenvalue weighted by Gasteiger charge is 2.24. The zero-order valence-electron chi connectivity index (χ0n) is 15.0. The van der Waals surface area contributed by atoms with Crippen LogP contribution in [0.1, 0.15) is 29.3 Å². The van der Waals surface area contributed by atoms with E-state index in [1.54, 1.807) is 24.3 Å². The number of rotatable bonds is 5. The molecule has 0 spiro atoms. The van der Waals surface area contributed by atoms with Gasteiger partial charge < -0.3 is 15.0 Å². The van der Waals surface area contributed by atoms with Gasteiger partial charge in [-0.2, -0.15) is 0 Å². The number of hydrogen-bond acceptors (Lipinski definition) is 3. The van der Waals surface area contributed by atoms with Gasteiger partial charge in [0.05, 0.1) is 19.3 Å². The van der Waals surface area contributed by atoms with Gasteiger partial charge >= 0.3 is 0 Å². The summed E-state index contributed by atoms with van der Waals surface area (Å²) in [6.45, 7) is 3.69. The molecule has 0 radical (unpaired) electrons. The molecule has 2 aromatic rings. The first-order chi connectivity index (χ1) is 12.6. The summed E-state index contributed by atoms with van der Waals surface area (Å²) in [5, 5.41) is 2.89. The second kappa shape index (κ2) is 8.63. The van der Waals surface area contributed by atoms with Gasteiger partial charge in [0.15, 0.2) is 0 Å². The normalized spacial score (nSPS) is 17.0. The molecule has 0 saturated carbocycles. The van der Waals surface area contributed by atoms with Crippen molar-refractivity contribution in [3.63, 3.8) is 0 Å². The molecular formula is C21H24N2O3.